The van der Waals surface area contributed by atoms with E-state index in [1.165, 1.54) is 11.3 Å². The van der Waals surface area contributed by atoms with Crippen LogP contribution < -0.4 is 16.0 Å². The fourth-order valence-corrected chi connectivity index (χ4v) is 4.00. The largest absolute Gasteiger partial charge is 0.405 e. The van der Waals surface area contributed by atoms with Gasteiger partial charge in [0.15, 0.2) is 0 Å². The van der Waals surface area contributed by atoms with Crippen LogP contribution in [0.5, 0.6) is 0 Å². The van der Waals surface area contributed by atoms with Crippen molar-refractivity contribution in [3.63, 3.8) is 0 Å². The van der Waals surface area contributed by atoms with Crippen molar-refractivity contribution in [1.82, 2.24) is 15.5 Å². The first-order chi connectivity index (χ1) is 14.7. The number of benzene rings is 1. The Morgan fingerprint density at radius 2 is 1.65 bits per heavy atom. The van der Waals surface area contributed by atoms with Gasteiger partial charge in [-0.25, -0.2) is 4.79 Å². The summed E-state index contributed by atoms with van der Waals surface area (Å²) in [7, 11) is 0. The number of likely N-dealkylation sites (tertiary alicyclic amines) is 1. The van der Waals surface area contributed by atoms with Crippen LogP contribution in [0.25, 0.3) is 0 Å². The van der Waals surface area contributed by atoms with Crippen molar-refractivity contribution in [2.24, 2.45) is 0 Å². The number of anilines is 1. The minimum Gasteiger partial charge on any atom is -0.349 e. The predicted octanol–water partition coefficient (Wildman–Crippen LogP) is 3.42. The molecule has 3 rings (SSSR count). The number of amides is 4. The SMILES string of the molecule is O=C(NC1CCCCC1)c1ccc(NC(=O)N2CCCC2C(=O)NCC(F)(F)F)cc1. The van der Waals surface area contributed by atoms with E-state index in [1.807, 2.05) is 5.32 Å². The summed E-state index contributed by atoms with van der Waals surface area (Å²) < 4.78 is 37.0. The summed E-state index contributed by atoms with van der Waals surface area (Å²) in [5.74, 6) is -0.981. The molecule has 170 valence electrons. The maximum absolute atomic E-state index is 12.5. The van der Waals surface area contributed by atoms with E-state index in [2.05, 4.69) is 10.6 Å². The van der Waals surface area contributed by atoms with E-state index in [4.69, 9.17) is 0 Å². The van der Waals surface area contributed by atoms with Crippen LogP contribution in [-0.4, -0.2) is 54.1 Å². The zero-order valence-electron chi connectivity index (χ0n) is 17.1. The average molecular weight is 440 g/mol. The molecule has 0 radical (unpaired) electrons. The lowest BCUT2D eigenvalue weighted by Gasteiger charge is -2.24. The second-order valence-electron chi connectivity index (χ2n) is 8.00. The minimum absolute atomic E-state index is 0.161. The summed E-state index contributed by atoms with van der Waals surface area (Å²) in [5.41, 5.74) is 0.912. The zero-order chi connectivity index (χ0) is 22.4. The Morgan fingerprint density at radius 1 is 0.968 bits per heavy atom. The molecule has 1 unspecified atom stereocenters. The highest BCUT2D eigenvalue weighted by Crippen LogP contribution is 2.21. The highest BCUT2D eigenvalue weighted by Gasteiger charge is 2.36. The summed E-state index contributed by atoms with van der Waals surface area (Å²) in [6.07, 6.45) is 1.70. The number of urea groups is 1. The lowest BCUT2D eigenvalue weighted by Crippen LogP contribution is -2.49. The first kappa shape index (κ1) is 22.9. The van der Waals surface area contributed by atoms with E-state index >= 15 is 0 Å². The molecular formula is C21H27F3N4O3. The topological polar surface area (TPSA) is 90.5 Å². The smallest absolute Gasteiger partial charge is 0.349 e. The number of nitrogens with zero attached hydrogens (tertiary/aromatic N) is 1. The van der Waals surface area contributed by atoms with E-state index in [9.17, 15) is 27.6 Å². The van der Waals surface area contributed by atoms with Gasteiger partial charge in [-0.15, -0.1) is 0 Å². The Hall–Kier alpha value is -2.78. The van der Waals surface area contributed by atoms with Crippen LogP contribution in [-0.2, 0) is 4.79 Å². The molecule has 0 bridgehead atoms. The van der Waals surface area contributed by atoms with E-state index < -0.39 is 30.7 Å². The Balaban J connectivity index is 1.53. The highest BCUT2D eigenvalue weighted by atomic mass is 19.4. The van der Waals surface area contributed by atoms with Gasteiger partial charge < -0.3 is 20.9 Å². The van der Waals surface area contributed by atoms with Gasteiger partial charge in [-0.05, 0) is 49.9 Å². The van der Waals surface area contributed by atoms with Gasteiger partial charge in [0, 0.05) is 23.8 Å². The number of carbonyl (C=O) groups is 3. The van der Waals surface area contributed by atoms with Crippen molar-refractivity contribution in [2.75, 3.05) is 18.4 Å². The third-order valence-electron chi connectivity index (χ3n) is 5.62. The van der Waals surface area contributed by atoms with Crippen LogP contribution in [0.3, 0.4) is 0 Å². The summed E-state index contributed by atoms with van der Waals surface area (Å²) in [5, 5.41) is 7.50. The average Bonchev–Trinajstić information content (AvgIpc) is 3.23. The van der Waals surface area contributed by atoms with Gasteiger partial charge in [-0.3, -0.25) is 9.59 Å². The molecule has 4 amide bonds. The third kappa shape index (κ3) is 6.60. The van der Waals surface area contributed by atoms with E-state index in [-0.39, 0.29) is 18.5 Å². The molecule has 0 spiro atoms. The summed E-state index contributed by atoms with van der Waals surface area (Å²) in [6.45, 7) is -1.15. The Labute approximate surface area is 178 Å². The van der Waals surface area contributed by atoms with Crippen LogP contribution in [0.4, 0.5) is 23.7 Å². The molecule has 1 aromatic rings. The molecule has 2 fully saturated rings. The molecule has 1 aromatic carbocycles. The van der Waals surface area contributed by atoms with Crippen molar-refractivity contribution in [3.8, 4) is 0 Å². The van der Waals surface area contributed by atoms with Crippen LogP contribution in [0.1, 0.15) is 55.3 Å². The number of alkyl halides is 3. The van der Waals surface area contributed by atoms with Crippen LogP contribution in [0, 0.1) is 0 Å². The summed E-state index contributed by atoms with van der Waals surface area (Å²) in [4.78, 5) is 38.2. The number of nitrogens with one attached hydrogen (secondary N) is 3. The molecule has 1 heterocycles. The fourth-order valence-electron chi connectivity index (χ4n) is 4.00. The molecule has 1 saturated carbocycles. The van der Waals surface area contributed by atoms with Gasteiger partial charge in [-0.2, -0.15) is 13.2 Å². The van der Waals surface area contributed by atoms with Gasteiger partial charge in [0.2, 0.25) is 5.91 Å². The van der Waals surface area contributed by atoms with Crippen LogP contribution >= 0.6 is 0 Å². The Kier molecular flexibility index (Phi) is 7.40. The van der Waals surface area contributed by atoms with Crippen molar-refractivity contribution in [2.45, 2.75) is 63.2 Å². The second-order valence-corrected chi connectivity index (χ2v) is 8.00. The quantitative estimate of drug-likeness (QED) is 0.655. The van der Waals surface area contributed by atoms with Gasteiger partial charge in [0.25, 0.3) is 5.91 Å². The number of halogens is 3. The standard InChI is InChI=1S/C21H27F3N4O3/c22-21(23,24)13-25-19(30)17-7-4-12-28(17)20(31)27-16-10-8-14(9-11-16)18(29)26-15-5-2-1-3-6-15/h8-11,15,17H,1-7,12-13H2,(H,25,30)(H,26,29)(H,27,31). The Bertz CT molecular complexity index is 792. The lowest BCUT2D eigenvalue weighted by molar-refractivity contribution is -0.140. The summed E-state index contributed by atoms with van der Waals surface area (Å²) in [6, 6.07) is 5.06. The number of hydrogen-bond acceptors (Lipinski definition) is 3. The van der Waals surface area contributed by atoms with Crippen molar-refractivity contribution < 1.29 is 27.6 Å². The van der Waals surface area contributed by atoms with Crippen molar-refractivity contribution in [3.05, 3.63) is 29.8 Å². The molecule has 31 heavy (non-hydrogen) atoms. The fraction of sp³-hybridized carbons (Fsp3) is 0.571. The van der Waals surface area contributed by atoms with E-state index in [0.717, 1.165) is 25.7 Å². The second kappa shape index (κ2) is 10.0. The monoisotopic (exact) mass is 440 g/mol. The maximum atomic E-state index is 12.5. The number of hydrogen-bond donors (Lipinski definition) is 3. The van der Waals surface area contributed by atoms with Crippen LogP contribution in [0.2, 0.25) is 0 Å². The molecule has 1 aliphatic heterocycles. The first-order valence-corrected chi connectivity index (χ1v) is 10.6. The molecule has 3 N–H and O–H groups in total. The summed E-state index contributed by atoms with van der Waals surface area (Å²) >= 11 is 0. The zero-order valence-corrected chi connectivity index (χ0v) is 17.1. The van der Waals surface area contributed by atoms with Crippen molar-refractivity contribution in [1.29, 1.82) is 0 Å². The normalized spacial score (nSPS) is 19.7. The van der Waals surface area contributed by atoms with Gasteiger partial charge >= 0.3 is 12.2 Å². The van der Waals surface area contributed by atoms with Gasteiger partial charge in [0.05, 0.1) is 0 Å². The molecular weight excluding hydrogens is 413 g/mol. The maximum Gasteiger partial charge on any atom is 0.405 e. The predicted molar refractivity (Wildman–Crippen MR) is 109 cm³/mol. The van der Waals surface area contributed by atoms with Gasteiger partial charge in [0.1, 0.15) is 12.6 Å². The molecule has 0 aromatic heterocycles. The van der Waals surface area contributed by atoms with Crippen LogP contribution in [0.15, 0.2) is 24.3 Å². The lowest BCUT2D eigenvalue weighted by atomic mass is 9.95. The van der Waals surface area contributed by atoms with E-state index in [0.29, 0.717) is 24.1 Å². The molecule has 2 aliphatic rings. The molecule has 10 heteroatoms. The molecule has 1 atom stereocenters. The molecule has 7 nitrogen and oxygen atoms in total. The van der Waals surface area contributed by atoms with E-state index in [1.54, 1.807) is 24.3 Å². The Morgan fingerprint density at radius 3 is 2.29 bits per heavy atom. The molecule has 1 aliphatic carbocycles. The first-order valence-electron chi connectivity index (χ1n) is 10.6. The number of carbonyl (C=O) groups excluding carboxylic acids is 3. The van der Waals surface area contributed by atoms with Crippen molar-refractivity contribution >= 4 is 23.5 Å². The van der Waals surface area contributed by atoms with Gasteiger partial charge in [-0.1, -0.05) is 19.3 Å². The third-order valence-corrected chi connectivity index (χ3v) is 5.62. The number of rotatable bonds is 5. The minimum atomic E-state index is -4.51. The molecule has 1 saturated heterocycles. The highest BCUT2D eigenvalue weighted by molar-refractivity contribution is 5.96.